The van der Waals surface area contributed by atoms with Crippen LogP contribution in [0.5, 0.6) is 0 Å². The summed E-state index contributed by atoms with van der Waals surface area (Å²) in [5.74, 6) is 1.66. The van der Waals surface area contributed by atoms with Gasteiger partial charge in [0.1, 0.15) is 0 Å². The number of aromatic nitrogens is 4. The topological polar surface area (TPSA) is 55.6 Å². The molecular weight excluding hydrogens is 238 g/mol. The van der Waals surface area contributed by atoms with Gasteiger partial charge in [-0.25, -0.2) is 0 Å². The zero-order valence-corrected chi connectivity index (χ0v) is 11.2. The number of tetrazole rings is 1. The van der Waals surface area contributed by atoms with E-state index in [0.717, 1.165) is 31.0 Å². The van der Waals surface area contributed by atoms with Crippen molar-refractivity contribution >= 4 is 0 Å². The van der Waals surface area contributed by atoms with Gasteiger partial charge in [-0.3, -0.25) is 0 Å². The first-order valence-electron chi connectivity index (χ1n) is 6.88. The molecular formula is C14H19N5. The average Bonchev–Trinajstić information content (AvgIpc) is 2.88. The van der Waals surface area contributed by atoms with E-state index in [2.05, 4.69) is 46.0 Å². The first-order chi connectivity index (χ1) is 9.33. The van der Waals surface area contributed by atoms with E-state index in [-0.39, 0.29) is 0 Å². The quantitative estimate of drug-likeness (QED) is 0.905. The molecule has 2 aromatic rings. The van der Waals surface area contributed by atoms with Crippen LogP contribution in [0.4, 0.5) is 0 Å². The fraction of sp³-hybridized carbons (Fsp3) is 0.500. The zero-order chi connectivity index (χ0) is 13.1. The van der Waals surface area contributed by atoms with Gasteiger partial charge in [-0.05, 0) is 66.9 Å². The Hall–Kier alpha value is -1.75. The van der Waals surface area contributed by atoms with Crippen LogP contribution in [0.25, 0.3) is 5.69 Å². The van der Waals surface area contributed by atoms with Crippen molar-refractivity contribution in [2.45, 2.75) is 26.2 Å². The molecule has 1 aliphatic rings. The van der Waals surface area contributed by atoms with Crippen LogP contribution >= 0.6 is 0 Å². The van der Waals surface area contributed by atoms with Crippen molar-refractivity contribution in [1.82, 2.24) is 25.5 Å². The number of hydrogen-bond acceptors (Lipinski definition) is 4. The van der Waals surface area contributed by atoms with E-state index >= 15 is 0 Å². The van der Waals surface area contributed by atoms with Crippen molar-refractivity contribution in [2.24, 2.45) is 5.92 Å². The van der Waals surface area contributed by atoms with Crippen LogP contribution in [-0.4, -0.2) is 33.3 Å². The molecule has 0 amide bonds. The Morgan fingerprint density at radius 1 is 1.32 bits per heavy atom. The first kappa shape index (κ1) is 12.3. The van der Waals surface area contributed by atoms with Gasteiger partial charge < -0.3 is 5.32 Å². The van der Waals surface area contributed by atoms with Crippen LogP contribution in [0.2, 0.25) is 0 Å². The fourth-order valence-electron chi connectivity index (χ4n) is 2.64. The predicted octanol–water partition coefficient (Wildman–Crippen LogP) is 1.51. The maximum Gasteiger partial charge on any atom is 0.156 e. The molecule has 19 heavy (non-hydrogen) atoms. The minimum atomic E-state index is 0.691. The van der Waals surface area contributed by atoms with Crippen molar-refractivity contribution in [3.05, 3.63) is 35.7 Å². The summed E-state index contributed by atoms with van der Waals surface area (Å²) in [5, 5.41) is 15.6. The van der Waals surface area contributed by atoms with Crippen LogP contribution in [0.15, 0.2) is 24.3 Å². The van der Waals surface area contributed by atoms with E-state index < -0.39 is 0 Å². The molecule has 0 atom stereocenters. The van der Waals surface area contributed by atoms with E-state index in [0.29, 0.717) is 5.92 Å². The van der Waals surface area contributed by atoms with Crippen LogP contribution in [0.3, 0.4) is 0 Å². The molecule has 1 N–H and O–H groups in total. The number of rotatable bonds is 3. The molecule has 1 fully saturated rings. The predicted molar refractivity (Wildman–Crippen MR) is 73.2 cm³/mol. The van der Waals surface area contributed by atoms with Gasteiger partial charge in [0.05, 0.1) is 5.69 Å². The molecule has 0 unspecified atom stereocenters. The van der Waals surface area contributed by atoms with Crippen molar-refractivity contribution in [1.29, 1.82) is 0 Å². The standard InChI is InChI=1S/C14H19N5/c1-11-3-2-4-13(9-11)19-14(16-17-18-19)10-12-5-7-15-8-6-12/h2-4,9,12,15H,5-8,10H2,1H3. The van der Waals surface area contributed by atoms with Gasteiger partial charge in [-0.15, -0.1) is 5.10 Å². The van der Waals surface area contributed by atoms with E-state index in [9.17, 15) is 0 Å². The van der Waals surface area contributed by atoms with Crippen LogP contribution in [-0.2, 0) is 6.42 Å². The zero-order valence-electron chi connectivity index (χ0n) is 11.2. The van der Waals surface area contributed by atoms with Crippen LogP contribution in [0.1, 0.15) is 24.2 Å². The lowest BCUT2D eigenvalue weighted by atomic mass is 9.94. The van der Waals surface area contributed by atoms with Crippen LogP contribution < -0.4 is 5.32 Å². The maximum atomic E-state index is 4.20. The Kier molecular flexibility index (Phi) is 3.55. The molecule has 100 valence electrons. The minimum Gasteiger partial charge on any atom is -0.317 e. The van der Waals surface area contributed by atoms with E-state index in [1.807, 2.05) is 10.7 Å². The Morgan fingerprint density at radius 3 is 2.95 bits per heavy atom. The summed E-state index contributed by atoms with van der Waals surface area (Å²) in [6.45, 7) is 4.30. The third-order valence-electron chi connectivity index (χ3n) is 3.71. The Balaban J connectivity index is 1.81. The number of nitrogens with one attached hydrogen (secondary N) is 1. The van der Waals surface area contributed by atoms with Crippen molar-refractivity contribution in [2.75, 3.05) is 13.1 Å². The summed E-state index contributed by atoms with van der Waals surface area (Å²) in [6.07, 6.45) is 3.38. The third-order valence-corrected chi connectivity index (χ3v) is 3.71. The van der Waals surface area contributed by atoms with Crippen molar-refractivity contribution in [3.63, 3.8) is 0 Å². The lowest BCUT2D eigenvalue weighted by Crippen LogP contribution is -2.29. The third kappa shape index (κ3) is 2.81. The molecule has 0 spiro atoms. The maximum absolute atomic E-state index is 4.20. The number of benzene rings is 1. The van der Waals surface area contributed by atoms with Crippen molar-refractivity contribution in [3.8, 4) is 5.69 Å². The smallest absolute Gasteiger partial charge is 0.156 e. The minimum absolute atomic E-state index is 0.691. The van der Waals surface area contributed by atoms with Gasteiger partial charge in [0, 0.05) is 6.42 Å². The number of aryl methyl sites for hydroxylation is 1. The molecule has 1 aromatic carbocycles. The van der Waals surface area contributed by atoms with Gasteiger partial charge in [0.15, 0.2) is 5.82 Å². The first-order valence-corrected chi connectivity index (χ1v) is 6.88. The average molecular weight is 257 g/mol. The van der Waals surface area contributed by atoms with Gasteiger partial charge in [0.25, 0.3) is 0 Å². The summed E-state index contributed by atoms with van der Waals surface area (Å²) >= 11 is 0. The summed E-state index contributed by atoms with van der Waals surface area (Å²) in [4.78, 5) is 0. The highest BCUT2D eigenvalue weighted by atomic mass is 15.5. The second-order valence-electron chi connectivity index (χ2n) is 5.24. The van der Waals surface area contributed by atoms with Gasteiger partial charge in [-0.2, -0.15) is 4.68 Å². The van der Waals surface area contributed by atoms with Gasteiger partial charge in [-0.1, -0.05) is 12.1 Å². The van der Waals surface area contributed by atoms with Crippen molar-refractivity contribution < 1.29 is 0 Å². The molecule has 1 aromatic heterocycles. The van der Waals surface area contributed by atoms with E-state index in [4.69, 9.17) is 0 Å². The summed E-state index contributed by atoms with van der Waals surface area (Å²) in [6, 6.07) is 8.29. The highest BCUT2D eigenvalue weighted by Gasteiger charge is 2.17. The summed E-state index contributed by atoms with van der Waals surface area (Å²) in [5.41, 5.74) is 2.27. The Morgan fingerprint density at radius 2 is 2.16 bits per heavy atom. The second kappa shape index (κ2) is 5.48. The lowest BCUT2D eigenvalue weighted by Gasteiger charge is -2.21. The number of piperidine rings is 1. The molecule has 1 aliphatic heterocycles. The Labute approximate surface area is 113 Å². The molecule has 0 aliphatic carbocycles. The fourth-order valence-corrected chi connectivity index (χ4v) is 2.64. The second-order valence-corrected chi connectivity index (χ2v) is 5.24. The molecule has 1 saturated heterocycles. The molecule has 3 rings (SSSR count). The lowest BCUT2D eigenvalue weighted by molar-refractivity contribution is 0.365. The largest absolute Gasteiger partial charge is 0.317 e. The van der Waals surface area contributed by atoms with Gasteiger partial charge in [0.2, 0.25) is 0 Å². The Bertz CT molecular complexity index is 542. The summed E-state index contributed by atoms with van der Waals surface area (Å²) < 4.78 is 1.87. The number of hydrogen-bond donors (Lipinski definition) is 1. The highest BCUT2D eigenvalue weighted by molar-refractivity contribution is 5.34. The van der Waals surface area contributed by atoms with Gasteiger partial charge >= 0.3 is 0 Å². The molecule has 0 saturated carbocycles. The molecule has 2 heterocycles. The monoisotopic (exact) mass is 257 g/mol. The highest BCUT2D eigenvalue weighted by Crippen LogP contribution is 2.18. The van der Waals surface area contributed by atoms with Crippen LogP contribution in [0, 0.1) is 12.8 Å². The SMILES string of the molecule is Cc1cccc(-n2nnnc2CC2CCNCC2)c1. The van der Waals surface area contributed by atoms with E-state index in [1.54, 1.807) is 0 Å². The molecule has 5 nitrogen and oxygen atoms in total. The van der Waals surface area contributed by atoms with E-state index in [1.165, 1.54) is 18.4 Å². The summed E-state index contributed by atoms with van der Waals surface area (Å²) in [7, 11) is 0. The molecule has 0 radical (unpaired) electrons. The molecule has 0 bridgehead atoms. The normalized spacial score (nSPS) is 16.7. The number of nitrogens with zero attached hydrogens (tertiary/aromatic N) is 4. The molecule has 5 heteroatoms.